The highest BCUT2D eigenvalue weighted by Crippen LogP contribution is 2.32. The first-order valence-electron chi connectivity index (χ1n) is 5.66. The predicted molar refractivity (Wildman–Crippen MR) is 66.0 cm³/mol. The Morgan fingerprint density at radius 3 is 2.47 bits per heavy atom. The van der Waals surface area contributed by atoms with Crippen molar-refractivity contribution in [1.29, 1.82) is 0 Å². The average molecular weight is 230 g/mol. The second kappa shape index (κ2) is 5.21. The summed E-state index contributed by atoms with van der Waals surface area (Å²) in [5.41, 5.74) is 0. The maximum absolute atomic E-state index is 11.7. The first-order valence-corrected chi connectivity index (χ1v) is 6.89. The van der Waals surface area contributed by atoms with Gasteiger partial charge in [0.25, 0.3) is 0 Å². The van der Waals surface area contributed by atoms with Crippen molar-refractivity contribution in [3.05, 3.63) is 0 Å². The van der Waals surface area contributed by atoms with Gasteiger partial charge in [0.05, 0.1) is 12.7 Å². The van der Waals surface area contributed by atoms with Gasteiger partial charge in [-0.3, -0.25) is 10.1 Å². The summed E-state index contributed by atoms with van der Waals surface area (Å²) in [5, 5.41) is 3.18. The number of hydrogen-bond donors (Lipinski definition) is 1. The van der Waals surface area contributed by atoms with Crippen molar-refractivity contribution in [2.45, 2.75) is 44.5 Å². The van der Waals surface area contributed by atoms with E-state index in [1.165, 1.54) is 0 Å². The van der Waals surface area contributed by atoms with Crippen LogP contribution in [-0.2, 0) is 4.79 Å². The van der Waals surface area contributed by atoms with E-state index < -0.39 is 0 Å². The lowest BCUT2D eigenvalue weighted by molar-refractivity contribution is -0.128. The maximum Gasteiger partial charge on any atom is 0.237 e. The summed E-state index contributed by atoms with van der Waals surface area (Å²) < 4.78 is 0.232. The molecule has 0 radical (unpaired) electrons. The van der Waals surface area contributed by atoms with Gasteiger partial charge in [-0.2, -0.15) is 11.8 Å². The number of amides is 1. The molecule has 0 bridgehead atoms. The molecule has 1 fully saturated rings. The van der Waals surface area contributed by atoms with E-state index in [4.69, 9.17) is 0 Å². The van der Waals surface area contributed by atoms with Crippen molar-refractivity contribution >= 4 is 17.7 Å². The van der Waals surface area contributed by atoms with Crippen LogP contribution in [0.1, 0.15) is 33.6 Å². The molecule has 1 atom stereocenters. The molecule has 1 unspecified atom stereocenters. The van der Waals surface area contributed by atoms with E-state index in [9.17, 15) is 4.79 Å². The van der Waals surface area contributed by atoms with Crippen LogP contribution in [0.4, 0.5) is 0 Å². The zero-order valence-electron chi connectivity index (χ0n) is 10.2. The fourth-order valence-electron chi connectivity index (χ4n) is 2.03. The summed E-state index contributed by atoms with van der Waals surface area (Å²) in [5.74, 6) is 0.239. The van der Waals surface area contributed by atoms with Gasteiger partial charge in [0, 0.05) is 11.3 Å². The summed E-state index contributed by atoms with van der Waals surface area (Å²) in [7, 11) is 0. The molecule has 1 saturated heterocycles. The zero-order valence-corrected chi connectivity index (χ0v) is 11.0. The molecule has 1 heterocycles. The fourth-order valence-corrected chi connectivity index (χ4v) is 2.87. The summed E-state index contributed by atoms with van der Waals surface area (Å²) in [6, 6.07) is 0. The van der Waals surface area contributed by atoms with Crippen LogP contribution < -0.4 is 5.32 Å². The van der Waals surface area contributed by atoms with Crippen molar-refractivity contribution in [3.63, 3.8) is 0 Å². The molecule has 4 heteroatoms. The molecule has 15 heavy (non-hydrogen) atoms. The number of hydrogen-bond acceptors (Lipinski definition) is 3. The molecule has 0 aromatic rings. The molecule has 0 aliphatic carbocycles. The van der Waals surface area contributed by atoms with Gasteiger partial charge in [-0.1, -0.05) is 13.8 Å². The van der Waals surface area contributed by atoms with Crippen LogP contribution >= 0.6 is 11.8 Å². The molecule has 0 aromatic carbocycles. The van der Waals surface area contributed by atoms with E-state index in [2.05, 4.69) is 32.3 Å². The Morgan fingerprint density at radius 1 is 1.53 bits per heavy atom. The molecule has 0 saturated carbocycles. The molecule has 1 rings (SSSR count). The van der Waals surface area contributed by atoms with Crippen molar-refractivity contribution in [2.24, 2.45) is 0 Å². The second-order valence-electron chi connectivity index (χ2n) is 4.17. The third-order valence-electron chi connectivity index (χ3n) is 3.52. The van der Waals surface area contributed by atoms with Crippen LogP contribution in [0, 0.1) is 0 Å². The average Bonchev–Trinajstić information content (AvgIpc) is 2.57. The van der Waals surface area contributed by atoms with E-state index in [1.54, 1.807) is 0 Å². The molecule has 1 N–H and O–H groups in total. The Kier molecular flexibility index (Phi) is 4.46. The molecule has 0 spiro atoms. The van der Waals surface area contributed by atoms with Crippen molar-refractivity contribution in [3.8, 4) is 0 Å². The molecule has 1 aliphatic rings. The minimum Gasteiger partial charge on any atom is -0.325 e. The van der Waals surface area contributed by atoms with Gasteiger partial charge >= 0.3 is 0 Å². The number of carbonyl (C=O) groups is 1. The van der Waals surface area contributed by atoms with Crippen LogP contribution in [0.15, 0.2) is 0 Å². The van der Waals surface area contributed by atoms with E-state index >= 15 is 0 Å². The summed E-state index contributed by atoms with van der Waals surface area (Å²) in [6.45, 7) is 7.84. The first kappa shape index (κ1) is 12.8. The first-order chi connectivity index (χ1) is 7.08. The summed E-state index contributed by atoms with van der Waals surface area (Å²) >= 11 is 1.89. The SMILES string of the molecule is CCC(CC)(CN1C(=O)CNC1C)SC. The molecule has 1 amide bonds. The second-order valence-corrected chi connectivity index (χ2v) is 5.45. The van der Waals surface area contributed by atoms with Gasteiger partial charge in [0.1, 0.15) is 0 Å². The molecule has 3 nitrogen and oxygen atoms in total. The van der Waals surface area contributed by atoms with Gasteiger partial charge in [0.2, 0.25) is 5.91 Å². The number of nitrogens with one attached hydrogen (secondary N) is 1. The van der Waals surface area contributed by atoms with Crippen LogP contribution in [0.5, 0.6) is 0 Å². The van der Waals surface area contributed by atoms with Gasteiger partial charge in [-0.05, 0) is 26.0 Å². The lowest BCUT2D eigenvalue weighted by Crippen LogP contribution is -2.45. The molecule has 1 aliphatic heterocycles. The number of rotatable bonds is 5. The number of thioether (sulfide) groups is 1. The van der Waals surface area contributed by atoms with Gasteiger partial charge in [0.15, 0.2) is 0 Å². The van der Waals surface area contributed by atoms with Crippen LogP contribution in [0.25, 0.3) is 0 Å². The highest BCUT2D eigenvalue weighted by molar-refractivity contribution is 8.00. The Hall–Kier alpha value is -0.220. The van der Waals surface area contributed by atoms with Crippen molar-refractivity contribution < 1.29 is 4.79 Å². The fraction of sp³-hybridized carbons (Fsp3) is 0.909. The zero-order chi connectivity index (χ0) is 11.5. The van der Waals surface area contributed by atoms with E-state index in [1.807, 2.05) is 16.7 Å². The van der Waals surface area contributed by atoms with E-state index in [-0.39, 0.29) is 16.8 Å². The predicted octanol–water partition coefficient (Wildman–Crippen LogP) is 1.69. The maximum atomic E-state index is 11.7. The quantitative estimate of drug-likeness (QED) is 0.780. The van der Waals surface area contributed by atoms with Crippen LogP contribution in [-0.4, -0.2) is 41.1 Å². The van der Waals surface area contributed by atoms with Crippen LogP contribution in [0.3, 0.4) is 0 Å². The molecule has 0 aromatic heterocycles. The standard InChI is InChI=1S/C11H22N2OS/c1-5-11(6-2,15-4)8-13-9(3)12-7-10(13)14/h9,12H,5-8H2,1-4H3. The Bertz CT molecular complexity index is 220. The molecular weight excluding hydrogens is 208 g/mol. The number of carbonyl (C=O) groups excluding carboxylic acids is 1. The van der Waals surface area contributed by atoms with Crippen LogP contribution in [0.2, 0.25) is 0 Å². The summed E-state index contributed by atoms with van der Waals surface area (Å²) in [6.07, 6.45) is 4.57. The third kappa shape index (κ3) is 2.67. The highest BCUT2D eigenvalue weighted by Gasteiger charge is 2.34. The number of nitrogens with zero attached hydrogens (tertiary/aromatic N) is 1. The topological polar surface area (TPSA) is 32.3 Å². The van der Waals surface area contributed by atoms with Gasteiger partial charge < -0.3 is 4.90 Å². The van der Waals surface area contributed by atoms with Gasteiger partial charge in [-0.25, -0.2) is 0 Å². The minimum absolute atomic E-state index is 0.196. The normalized spacial score (nSPS) is 22.5. The van der Waals surface area contributed by atoms with Crippen molar-refractivity contribution in [2.75, 3.05) is 19.3 Å². The van der Waals surface area contributed by atoms with E-state index in [0.717, 1.165) is 19.4 Å². The monoisotopic (exact) mass is 230 g/mol. The lowest BCUT2D eigenvalue weighted by Gasteiger charge is -2.35. The smallest absolute Gasteiger partial charge is 0.237 e. The van der Waals surface area contributed by atoms with E-state index in [0.29, 0.717) is 6.54 Å². The van der Waals surface area contributed by atoms with Crippen molar-refractivity contribution in [1.82, 2.24) is 10.2 Å². The molecular formula is C11H22N2OS. The highest BCUT2D eigenvalue weighted by atomic mass is 32.2. The van der Waals surface area contributed by atoms with Gasteiger partial charge in [-0.15, -0.1) is 0 Å². The summed E-state index contributed by atoms with van der Waals surface area (Å²) in [4.78, 5) is 13.6. The lowest BCUT2D eigenvalue weighted by atomic mass is 10.0. The Morgan fingerprint density at radius 2 is 2.13 bits per heavy atom. The molecule has 88 valence electrons. The third-order valence-corrected chi connectivity index (χ3v) is 5.09. The minimum atomic E-state index is 0.196. The largest absolute Gasteiger partial charge is 0.325 e. The Balaban J connectivity index is 2.69. The Labute approximate surface area is 97.0 Å².